The molecule has 4 heteroatoms. The Morgan fingerprint density at radius 1 is 1.13 bits per heavy atom. The average molecular weight is 325 g/mol. The van der Waals surface area contributed by atoms with E-state index in [0.717, 1.165) is 58.0 Å². The number of nitrogens with zero attached hydrogens (tertiary/aromatic N) is 1. The van der Waals surface area contributed by atoms with Crippen LogP contribution in [0.4, 0.5) is 0 Å². The summed E-state index contributed by atoms with van der Waals surface area (Å²) in [5, 5.41) is 10.3. The number of hydrogen-bond acceptors (Lipinski definition) is 4. The van der Waals surface area contributed by atoms with Crippen molar-refractivity contribution < 1.29 is 14.6 Å². The highest BCUT2D eigenvalue weighted by atomic mass is 16.5. The van der Waals surface area contributed by atoms with E-state index in [-0.39, 0.29) is 17.6 Å². The van der Waals surface area contributed by atoms with Crippen LogP contribution in [0.3, 0.4) is 0 Å². The summed E-state index contributed by atoms with van der Waals surface area (Å²) in [4.78, 5) is 2.51. The fourth-order valence-electron chi connectivity index (χ4n) is 4.87. The van der Waals surface area contributed by atoms with Crippen LogP contribution in [0.15, 0.2) is 0 Å². The summed E-state index contributed by atoms with van der Waals surface area (Å²) in [5.41, 5.74) is 0.0469. The number of likely N-dealkylation sites (tertiary alicyclic amines) is 1. The fraction of sp³-hybridized carbons (Fsp3) is 1.00. The molecule has 0 radical (unpaired) electrons. The Morgan fingerprint density at radius 2 is 1.87 bits per heavy atom. The fourth-order valence-corrected chi connectivity index (χ4v) is 4.87. The van der Waals surface area contributed by atoms with Gasteiger partial charge in [-0.2, -0.15) is 0 Å². The minimum Gasteiger partial charge on any atom is -0.392 e. The molecule has 0 aromatic carbocycles. The Bertz CT molecular complexity index is 366. The van der Waals surface area contributed by atoms with Crippen molar-refractivity contribution in [2.75, 3.05) is 32.8 Å². The summed E-state index contributed by atoms with van der Waals surface area (Å²) in [6.45, 7) is 9.19. The lowest BCUT2D eigenvalue weighted by atomic mass is 9.58. The van der Waals surface area contributed by atoms with Crippen LogP contribution < -0.4 is 0 Å². The van der Waals surface area contributed by atoms with Gasteiger partial charge in [0.1, 0.15) is 0 Å². The van der Waals surface area contributed by atoms with Gasteiger partial charge in [-0.1, -0.05) is 19.8 Å². The topological polar surface area (TPSA) is 41.9 Å². The van der Waals surface area contributed by atoms with E-state index < -0.39 is 0 Å². The van der Waals surface area contributed by atoms with Gasteiger partial charge < -0.3 is 19.5 Å². The second kappa shape index (κ2) is 7.81. The predicted octanol–water partition coefficient (Wildman–Crippen LogP) is 2.83. The molecule has 3 aliphatic rings. The molecular weight excluding hydrogens is 290 g/mol. The maximum atomic E-state index is 10.3. The summed E-state index contributed by atoms with van der Waals surface area (Å²) >= 11 is 0. The molecule has 0 bridgehead atoms. The second-order valence-corrected chi connectivity index (χ2v) is 7.94. The average Bonchev–Trinajstić information content (AvgIpc) is 2.57. The van der Waals surface area contributed by atoms with Gasteiger partial charge in [-0.25, -0.2) is 0 Å². The van der Waals surface area contributed by atoms with E-state index >= 15 is 0 Å². The van der Waals surface area contributed by atoms with Crippen molar-refractivity contribution in [2.45, 2.75) is 77.1 Å². The first-order chi connectivity index (χ1) is 11.2. The third-order valence-corrected chi connectivity index (χ3v) is 6.67. The minimum atomic E-state index is -0.152. The molecule has 1 heterocycles. The monoisotopic (exact) mass is 325 g/mol. The molecule has 134 valence electrons. The van der Waals surface area contributed by atoms with Crippen molar-refractivity contribution in [2.24, 2.45) is 11.3 Å². The second-order valence-electron chi connectivity index (χ2n) is 7.94. The molecule has 0 aromatic heterocycles. The zero-order chi connectivity index (χ0) is 16.3. The molecule has 2 saturated carbocycles. The molecule has 1 spiro atoms. The van der Waals surface area contributed by atoms with Crippen molar-refractivity contribution in [3.05, 3.63) is 0 Å². The Hall–Kier alpha value is -0.160. The van der Waals surface area contributed by atoms with Gasteiger partial charge in [-0.15, -0.1) is 0 Å². The van der Waals surface area contributed by atoms with E-state index in [1.165, 1.54) is 25.7 Å². The quantitative estimate of drug-likeness (QED) is 0.815. The summed E-state index contributed by atoms with van der Waals surface area (Å²) in [6.07, 6.45) is 8.85. The van der Waals surface area contributed by atoms with Crippen LogP contribution in [-0.4, -0.2) is 61.2 Å². The minimum absolute atomic E-state index is 0.0469. The van der Waals surface area contributed by atoms with Gasteiger partial charge in [0, 0.05) is 25.0 Å². The van der Waals surface area contributed by atoms with E-state index in [2.05, 4.69) is 18.7 Å². The maximum Gasteiger partial charge on any atom is 0.0681 e. The lowest BCUT2D eigenvalue weighted by molar-refractivity contribution is -0.210. The molecule has 23 heavy (non-hydrogen) atoms. The smallest absolute Gasteiger partial charge is 0.0681 e. The zero-order valence-corrected chi connectivity index (χ0v) is 15.0. The van der Waals surface area contributed by atoms with Crippen LogP contribution in [0, 0.1) is 11.3 Å². The van der Waals surface area contributed by atoms with Gasteiger partial charge >= 0.3 is 0 Å². The SMILES string of the molecule is CCOC1CC(O)C12CCN(CCOC1CCCCC1C)CC2. The number of aliphatic hydroxyl groups excluding tert-OH is 1. The van der Waals surface area contributed by atoms with E-state index in [0.29, 0.717) is 6.10 Å². The molecule has 1 saturated heterocycles. The van der Waals surface area contributed by atoms with Crippen LogP contribution in [-0.2, 0) is 9.47 Å². The summed E-state index contributed by atoms with van der Waals surface area (Å²) in [7, 11) is 0. The van der Waals surface area contributed by atoms with Gasteiger partial charge in [0.05, 0.1) is 24.9 Å². The number of hydrogen-bond donors (Lipinski definition) is 1. The summed E-state index contributed by atoms with van der Waals surface area (Å²) in [6, 6.07) is 0. The molecule has 1 N–H and O–H groups in total. The Kier molecular flexibility index (Phi) is 6.00. The Labute approximate surface area is 141 Å². The van der Waals surface area contributed by atoms with Crippen molar-refractivity contribution in [1.82, 2.24) is 4.90 Å². The third kappa shape index (κ3) is 3.76. The number of ether oxygens (including phenoxy) is 2. The van der Waals surface area contributed by atoms with Crippen LogP contribution in [0.2, 0.25) is 0 Å². The molecule has 4 unspecified atom stereocenters. The lowest BCUT2D eigenvalue weighted by Gasteiger charge is -2.56. The highest BCUT2D eigenvalue weighted by Gasteiger charge is 2.55. The molecule has 1 aliphatic heterocycles. The zero-order valence-electron chi connectivity index (χ0n) is 15.0. The number of aliphatic hydroxyl groups is 1. The summed E-state index contributed by atoms with van der Waals surface area (Å²) < 4.78 is 12.0. The van der Waals surface area contributed by atoms with Crippen LogP contribution in [0.5, 0.6) is 0 Å². The first-order valence-corrected chi connectivity index (χ1v) is 9.79. The molecule has 0 aromatic rings. The van der Waals surface area contributed by atoms with Crippen molar-refractivity contribution in [3.8, 4) is 0 Å². The standard InChI is InChI=1S/C19H35NO3/c1-3-22-18-14-17(21)19(18)8-10-20(11-9-19)12-13-23-16-7-5-4-6-15(16)2/h15-18,21H,3-14H2,1-2H3. The molecule has 3 fully saturated rings. The van der Waals surface area contributed by atoms with Gasteiger partial charge in [-0.05, 0) is 51.6 Å². The normalized spacial score (nSPS) is 37.7. The third-order valence-electron chi connectivity index (χ3n) is 6.67. The molecule has 4 nitrogen and oxygen atoms in total. The molecule has 4 atom stereocenters. The highest BCUT2D eigenvalue weighted by molar-refractivity contribution is 5.06. The van der Waals surface area contributed by atoms with Gasteiger partial charge in [0.15, 0.2) is 0 Å². The molecule has 3 rings (SSSR count). The van der Waals surface area contributed by atoms with Crippen molar-refractivity contribution >= 4 is 0 Å². The maximum absolute atomic E-state index is 10.3. The molecule has 2 aliphatic carbocycles. The van der Waals surface area contributed by atoms with E-state index in [4.69, 9.17) is 9.47 Å². The van der Waals surface area contributed by atoms with Crippen molar-refractivity contribution in [1.29, 1.82) is 0 Å². The summed E-state index contributed by atoms with van der Waals surface area (Å²) in [5.74, 6) is 0.727. The van der Waals surface area contributed by atoms with Crippen LogP contribution in [0.1, 0.15) is 58.8 Å². The van der Waals surface area contributed by atoms with E-state index in [1.54, 1.807) is 0 Å². The lowest BCUT2D eigenvalue weighted by Crippen LogP contribution is -2.62. The van der Waals surface area contributed by atoms with Crippen LogP contribution in [0.25, 0.3) is 0 Å². The van der Waals surface area contributed by atoms with Crippen molar-refractivity contribution in [3.63, 3.8) is 0 Å². The predicted molar refractivity (Wildman–Crippen MR) is 91.5 cm³/mol. The largest absolute Gasteiger partial charge is 0.392 e. The van der Waals surface area contributed by atoms with Gasteiger partial charge in [-0.3, -0.25) is 0 Å². The Morgan fingerprint density at radius 3 is 2.52 bits per heavy atom. The van der Waals surface area contributed by atoms with Gasteiger partial charge in [0.2, 0.25) is 0 Å². The molecule has 0 amide bonds. The first kappa shape index (κ1) is 17.7. The van der Waals surface area contributed by atoms with E-state index in [9.17, 15) is 5.11 Å². The van der Waals surface area contributed by atoms with Crippen LogP contribution >= 0.6 is 0 Å². The number of rotatable bonds is 6. The highest BCUT2D eigenvalue weighted by Crippen LogP contribution is 2.50. The molecular formula is C19H35NO3. The Balaban J connectivity index is 1.38. The van der Waals surface area contributed by atoms with E-state index in [1.807, 2.05) is 0 Å². The first-order valence-electron chi connectivity index (χ1n) is 9.79. The van der Waals surface area contributed by atoms with Gasteiger partial charge in [0.25, 0.3) is 0 Å². The number of piperidine rings is 1.